The number of ether oxygens (including phenoxy) is 3. The van der Waals surface area contributed by atoms with Crippen LogP contribution in [0.5, 0.6) is 11.5 Å². The van der Waals surface area contributed by atoms with Gasteiger partial charge in [0, 0.05) is 31.7 Å². The quantitative estimate of drug-likeness (QED) is 0.374. The summed E-state index contributed by atoms with van der Waals surface area (Å²) in [5.74, 6) is 0.971. The maximum Gasteiger partial charge on any atom is 0.242 e. The van der Waals surface area contributed by atoms with Crippen LogP contribution in [0.25, 0.3) is 0 Å². The van der Waals surface area contributed by atoms with E-state index < -0.39 is 5.38 Å². The summed E-state index contributed by atoms with van der Waals surface area (Å²) in [6, 6.07) is 9.61. The molecular formula is C22H27ClN2O5S. The van der Waals surface area contributed by atoms with Gasteiger partial charge in [0.25, 0.3) is 0 Å². The Kier molecular flexibility index (Phi) is 8.57. The van der Waals surface area contributed by atoms with Crippen molar-refractivity contribution < 1.29 is 23.8 Å². The third-order valence-corrected chi connectivity index (χ3v) is 5.89. The van der Waals surface area contributed by atoms with Crippen molar-refractivity contribution in [1.82, 2.24) is 9.80 Å². The number of halogens is 1. The van der Waals surface area contributed by atoms with E-state index in [-0.39, 0.29) is 25.2 Å². The van der Waals surface area contributed by atoms with E-state index in [1.54, 1.807) is 30.3 Å². The second-order valence-electron chi connectivity index (χ2n) is 7.24. The summed E-state index contributed by atoms with van der Waals surface area (Å²) in [4.78, 5) is 30.2. The van der Waals surface area contributed by atoms with E-state index in [4.69, 9.17) is 25.8 Å². The van der Waals surface area contributed by atoms with Gasteiger partial charge in [-0.1, -0.05) is 12.1 Å². The third-order valence-electron chi connectivity index (χ3n) is 4.84. The Labute approximate surface area is 191 Å². The molecular weight excluding hydrogens is 440 g/mol. The molecule has 1 atom stereocenters. The zero-order valence-corrected chi connectivity index (χ0v) is 19.3. The molecule has 0 spiro atoms. The molecule has 0 saturated carbocycles. The lowest BCUT2D eigenvalue weighted by atomic mass is 10.2. The number of benzene rings is 1. The number of alkyl halides is 1. The van der Waals surface area contributed by atoms with Crippen molar-refractivity contribution in [3.05, 3.63) is 46.2 Å². The van der Waals surface area contributed by atoms with Gasteiger partial charge in [-0.2, -0.15) is 0 Å². The number of amides is 2. The maximum absolute atomic E-state index is 13.3. The van der Waals surface area contributed by atoms with E-state index >= 15 is 0 Å². The van der Waals surface area contributed by atoms with Crippen LogP contribution < -0.4 is 9.47 Å². The highest BCUT2D eigenvalue weighted by molar-refractivity contribution is 7.09. The number of rotatable bonds is 11. The first kappa shape index (κ1) is 23.4. The van der Waals surface area contributed by atoms with Crippen LogP contribution in [0.2, 0.25) is 0 Å². The fourth-order valence-electron chi connectivity index (χ4n) is 3.26. The molecule has 0 bridgehead atoms. The van der Waals surface area contributed by atoms with Crippen molar-refractivity contribution >= 4 is 34.8 Å². The lowest BCUT2D eigenvalue weighted by Crippen LogP contribution is -2.45. The van der Waals surface area contributed by atoms with Gasteiger partial charge in [-0.3, -0.25) is 9.59 Å². The second-order valence-corrected chi connectivity index (χ2v) is 8.93. The molecule has 0 fully saturated rings. The molecule has 0 aliphatic carbocycles. The molecule has 1 aliphatic heterocycles. The molecule has 2 heterocycles. The minimum absolute atomic E-state index is 0.0322. The summed E-state index contributed by atoms with van der Waals surface area (Å²) >= 11 is 7.62. The predicted molar refractivity (Wildman–Crippen MR) is 120 cm³/mol. The van der Waals surface area contributed by atoms with Gasteiger partial charge in [-0.15, -0.1) is 22.9 Å². The van der Waals surface area contributed by atoms with Crippen LogP contribution in [-0.4, -0.2) is 60.6 Å². The molecule has 1 unspecified atom stereocenters. The Morgan fingerprint density at radius 1 is 1.19 bits per heavy atom. The van der Waals surface area contributed by atoms with E-state index in [0.29, 0.717) is 44.2 Å². The molecule has 3 rings (SSSR count). The highest BCUT2D eigenvalue weighted by atomic mass is 35.5. The Morgan fingerprint density at radius 2 is 2.00 bits per heavy atom. The molecule has 1 aromatic carbocycles. The summed E-state index contributed by atoms with van der Waals surface area (Å²) in [6.07, 6.45) is 0.631. The van der Waals surface area contributed by atoms with Gasteiger partial charge in [0.05, 0.1) is 13.1 Å². The Morgan fingerprint density at radius 3 is 2.71 bits per heavy atom. The lowest BCUT2D eigenvalue weighted by Gasteiger charge is -2.28. The number of hydrogen-bond donors (Lipinski definition) is 0. The Bertz CT molecular complexity index is 875. The summed E-state index contributed by atoms with van der Waals surface area (Å²) in [7, 11) is 1.61. The number of nitrogens with zero attached hydrogens (tertiary/aromatic N) is 2. The molecule has 2 amide bonds. The first-order valence-corrected chi connectivity index (χ1v) is 11.4. The number of methoxy groups -OCH3 is 1. The molecule has 168 valence electrons. The molecule has 9 heteroatoms. The third kappa shape index (κ3) is 6.59. The minimum atomic E-state index is -0.699. The van der Waals surface area contributed by atoms with Crippen LogP contribution in [-0.2, 0) is 27.4 Å². The van der Waals surface area contributed by atoms with Gasteiger partial charge < -0.3 is 24.0 Å². The summed E-state index contributed by atoms with van der Waals surface area (Å²) in [5, 5.41) is 1.28. The molecule has 0 radical (unpaired) electrons. The van der Waals surface area contributed by atoms with Crippen LogP contribution in [0.1, 0.15) is 23.8 Å². The number of fused-ring (bicyclic) bond motifs is 1. The SMILES string of the molecule is COCCCN(CC(=O)N(Cc1ccc2c(c1)OCO2)Cc1cccs1)C(=O)C(C)Cl. The zero-order valence-electron chi connectivity index (χ0n) is 17.7. The number of hydrogen-bond acceptors (Lipinski definition) is 6. The van der Waals surface area contributed by atoms with Gasteiger partial charge >= 0.3 is 0 Å². The van der Waals surface area contributed by atoms with Crippen molar-refractivity contribution in [3.8, 4) is 11.5 Å². The van der Waals surface area contributed by atoms with Crippen LogP contribution >= 0.6 is 22.9 Å². The summed E-state index contributed by atoms with van der Waals surface area (Å²) in [6.45, 7) is 3.55. The average Bonchev–Trinajstić information content (AvgIpc) is 3.43. The Hall–Kier alpha value is -2.29. The molecule has 0 saturated heterocycles. The maximum atomic E-state index is 13.3. The largest absolute Gasteiger partial charge is 0.454 e. The minimum Gasteiger partial charge on any atom is -0.454 e. The van der Waals surface area contributed by atoms with Crippen LogP contribution in [0.15, 0.2) is 35.7 Å². The molecule has 1 aromatic heterocycles. The summed E-state index contributed by atoms with van der Waals surface area (Å²) in [5.41, 5.74) is 0.928. The van der Waals surface area contributed by atoms with E-state index in [2.05, 4.69) is 0 Å². The van der Waals surface area contributed by atoms with Gasteiger partial charge in [0.2, 0.25) is 18.6 Å². The first-order valence-electron chi connectivity index (χ1n) is 10.1. The highest BCUT2D eigenvalue weighted by Gasteiger charge is 2.25. The number of thiophene rings is 1. The van der Waals surface area contributed by atoms with Crippen molar-refractivity contribution in [2.24, 2.45) is 0 Å². The highest BCUT2D eigenvalue weighted by Crippen LogP contribution is 2.33. The van der Waals surface area contributed by atoms with Crippen LogP contribution in [0.3, 0.4) is 0 Å². The predicted octanol–water partition coefficient (Wildman–Crippen LogP) is 3.50. The molecule has 31 heavy (non-hydrogen) atoms. The smallest absolute Gasteiger partial charge is 0.242 e. The topological polar surface area (TPSA) is 68.3 Å². The van der Waals surface area contributed by atoms with Gasteiger partial charge in [0.1, 0.15) is 5.38 Å². The molecule has 0 N–H and O–H groups in total. The molecule has 2 aromatic rings. The van der Waals surface area contributed by atoms with Crippen LogP contribution in [0, 0.1) is 0 Å². The molecule has 7 nitrogen and oxygen atoms in total. The van der Waals surface area contributed by atoms with E-state index in [9.17, 15) is 9.59 Å². The Balaban J connectivity index is 1.74. The van der Waals surface area contributed by atoms with Gasteiger partial charge in [-0.05, 0) is 42.5 Å². The van der Waals surface area contributed by atoms with Crippen molar-refractivity contribution in [1.29, 1.82) is 0 Å². The van der Waals surface area contributed by atoms with Gasteiger partial charge in [-0.25, -0.2) is 0 Å². The average molecular weight is 467 g/mol. The molecule has 1 aliphatic rings. The normalized spacial score (nSPS) is 13.1. The first-order chi connectivity index (χ1) is 15.0. The fourth-order valence-corrected chi connectivity index (χ4v) is 4.12. The van der Waals surface area contributed by atoms with E-state index in [0.717, 1.165) is 10.4 Å². The number of carbonyl (C=O) groups is 2. The fraction of sp³-hybridized carbons (Fsp3) is 0.455. The summed E-state index contributed by atoms with van der Waals surface area (Å²) < 4.78 is 15.9. The van der Waals surface area contributed by atoms with Gasteiger partial charge in [0.15, 0.2) is 11.5 Å². The monoisotopic (exact) mass is 466 g/mol. The zero-order chi connectivity index (χ0) is 22.2. The van der Waals surface area contributed by atoms with E-state index in [1.807, 2.05) is 35.7 Å². The van der Waals surface area contributed by atoms with Crippen molar-refractivity contribution in [2.75, 3.05) is 33.6 Å². The second kappa shape index (κ2) is 11.4. The van der Waals surface area contributed by atoms with Crippen molar-refractivity contribution in [3.63, 3.8) is 0 Å². The lowest BCUT2D eigenvalue weighted by molar-refractivity contribution is -0.141. The standard InChI is InChI=1S/C22H27ClN2O5S/c1-16(23)22(27)24(8-4-9-28-2)14-21(26)25(13-18-5-3-10-31-18)12-17-6-7-19-20(11-17)30-15-29-19/h3,5-7,10-11,16H,4,8-9,12-15H2,1-2H3. The number of carbonyl (C=O) groups excluding carboxylic acids is 2. The van der Waals surface area contributed by atoms with E-state index in [1.165, 1.54) is 4.90 Å². The van der Waals surface area contributed by atoms with Crippen LogP contribution in [0.4, 0.5) is 0 Å². The van der Waals surface area contributed by atoms with Crippen molar-refractivity contribution in [2.45, 2.75) is 31.8 Å².